The first kappa shape index (κ1) is 11.8. The molecule has 1 atom stereocenters. The summed E-state index contributed by atoms with van der Waals surface area (Å²) in [7, 11) is 0. The lowest BCUT2D eigenvalue weighted by Crippen LogP contribution is -2.00. The van der Waals surface area contributed by atoms with Crippen LogP contribution >= 0.6 is 0 Å². The maximum Gasteiger partial charge on any atom is 0.123 e. The molecule has 0 aromatic heterocycles. The summed E-state index contributed by atoms with van der Waals surface area (Å²) >= 11 is 0. The van der Waals surface area contributed by atoms with E-state index in [0.29, 0.717) is 0 Å². The summed E-state index contributed by atoms with van der Waals surface area (Å²) in [6, 6.07) is 10.4. The van der Waals surface area contributed by atoms with Crippen LogP contribution < -0.4 is 0 Å². The van der Waals surface area contributed by atoms with Gasteiger partial charge < -0.3 is 4.74 Å². The molecule has 0 radical (unpaired) electrons. The SMILES string of the molecule is C=COC(CCCCC)c1ccccc1. The Balaban J connectivity index is 2.53. The van der Waals surface area contributed by atoms with Gasteiger partial charge in [0, 0.05) is 0 Å². The molecule has 0 saturated carbocycles. The van der Waals surface area contributed by atoms with Crippen molar-refractivity contribution in [3.8, 4) is 0 Å². The second kappa shape index (κ2) is 7.10. The van der Waals surface area contributed by atoms with Crippen LogP contribution in [0.4, 0.5) is 0 Å². The van der Waals surface area contributed by atoms with Gasteiger partial charge in [0.25, 0.3) is 0 Å². The van der Waals surface area contributed by atoms with Crippen LogP contribution in [-0.2, 0) is 4.74 Å². The average molecular weight is 204 g/mol. The van der Waals surface area contributed by atoms with Gasteiger partial charge in [-0.25, -0.2) is 0 Å². The van der Waals surface area contributed by atoms with Gasteiger partial charge in [-0.1, -0.05) is 56.7 Å². The molecule has 1 aromatic carbocycles. The summed E-state index contributed by atoms with van der Waals surface area (Å²) in [5, 5.41) is 0. The van der Waals surface area contributed by atoms with Crippen molar-refractivity contribution in [1.82, 2.24) is 0 Å². The Hall–Kier alpha value is -1.24. The van der Waals surface area contributed by atoms with Crippen molar-refractivity contribution in [3.63, 3.8) is 0 Å². The average Bonchev–Trinajstić information content (AvgIpc) is 2.29. The van der Waals surface area contributed by atoms with Crippen molar-refractivity contribution in [1.29, 1.82) is 0 Å². The van der Waals surface area contributed by atoms with Gasteiger partial charge in [0.1, 0.15) is 6.10 Å². The first-order valence-corrected chi connectivity index (χ1v) is 5.69. The van der Waals surface area contributed by atoms with Crippen molar-refractivity contribution in [2.45, 2.75) is 38.7 Å². The minimum atomic E-state index is 0.176. The van der Waals surface area contributed by atoms with Gasteiger partial charge >= 0.3 is 0 Å². The summed E-state index contributed by atoms with van der Waals surface area (Å²) < 4.78 is 5.54. The zero-order valence-electron chi connectivity index (χ0n) is 9.49. The fraction of sp³-hybridized carbons (Fsp3) is 0.429. The van der Waals surface area contributed by atoms with Gasteiger partial charge in [-0.2, -0.15) is 0 Å². The van der Waals surface area contributed by atoms with Crippen LogP contribution in [-0.4, -0.2) is 0 Å². The predicted molar refractivity (Wildman–Crippen MR) is 64.6 cm³/mol. The molecule has 1 heteroatoms. The fourth-order valence-corrected chi connectivity index (χ4v) is 1.68. The van der Waals surface area contributed by atoms with Gasteiger partial charge in [0.05, 0.1) is 6.26 Å². The largest absolute Gasteiger partial charge is 0.494 e. The normalized spacial score (nSPS) is 12.1. The molecule has 0 aliphatic rings. The van der Waals surface area contributed by atoms with Gasteiger partial charge in [0.15, 0.2) is 0 Å². The molecule has 1 rings (SSSR count). The number of unbranched alkanes of at least 4 members (excludes halogenated alkanes) is 2. The highest BCUT2D eigenvalue weighted by molar-refractivity contribution is 5.17. The quantitative estimate of drug-likeness (QED) is 0.470. The van der Waals surface area contributed by atoms with E-state index in [0.717, 1.165) is 6.42 Å². The molecule has 0 spiro atoms. The molecule has 1 unspecified atom stereocenters. The molecular weight excluding hydrogens is 184 g/mol. The van der Waals surface area contributed by atoms with Gasteiger partial charge in [-0.15, -0.1) is 0 Å². The molecule has 1 nitrogen and oxygen atoms in total. The minimum absolute atomic E-state index is 0.176. The summed E-state index contributed by atoms with van der Waals surface area (Å²) in [4.78, 5) is 0. The fourth-order valence-electron chi connectivity index (χ4n) is 1.68. The number of benzene rings is 1. The smallest absolute Gasteiger partial charge is 0.123 e. The first-order chi connectivity index (χ1) is 7.38. The molecule has 0 amide bonds. The Morgan fingerprint density at radius 2 is 2.00 bits per heavy atom. The van der Waals surface area contributed by atoms with Crippen molar-refractivity contribution >= 4 is 0 Å². The van der Waals surface area contributed by atoms with Crippen molar-refractivity contribution in [2.75, 3.05) is 0 Å². The Morgan fingerprint density at radius 1 is 1.27 bits per heavy atom. The highest BCUT2D eigenvalue weighted by Crippen LogP contribution is 2.23. The molecule has 1 aromatic rings. The molecule has 0 bridgehead atoms. The monoisotopic (exact) mass is 204 g/mol. The first-order valence-electron chi connectivity index (χ1n) is 5.69. The van der Waals surface area contributed by atoms with E-state index in [4.69, 9.17) is 4.74 Å². The van der Waals surface area contributed by atoms with E-state index in [1.807, 2.05) is 6.07 Å². The lowest BCUT2D eigenvalue weighted by atomic mass is 10.0. The highest BCUT2D eigenvalue weighted by atomic mass is 16.5. The van der Waals surface area contributed by atoms with Crippen molar-refractivity contribution in [3.05, 3.63) is 48.7 Å². The maximum atomic E-state index is 5.54. The molecule has 0 saturated heterocycles. The van der Waals surface area contributed by atoms with E-state index in [2.05, 4.69) is 37.8 Å². The lowest BCUT2D eigenvalue weighted by Gasteiger charge is -2.16. The molecule has 0 heterocycles. The summed E-state index contributed by atoms with van der Waals surface area (Å²) in [6.07, 6.45) is 6.52. The molecule has 0 N–H and O–H groups in total. The predicted octanol–water partition coefficient (Wildman–Crippen LogP) is 4.47. The number of hydrogen-bond donors (Lipinski definition) is 0. The third kappa shape index (κ3) is 4.20. The molecule has 15 heavy (non-hydrogen) atoms. The summed E-state index contributed by atoms with van der Waals surface area (Å²) in [6.45, 7) is 5.85. The third-order valence-corrected chi connectivity index (χ3v) is 2.50. The minimum Gasteiger partial charge on any atom is -0.494 e. The maximum absolute atomic E-state index is 5.54. The van der Waals surface area contributed by atoms with E-state index < -0.39 is 0 Å². The van der Waals surface area contributed by atoms with E-state index in [-0.39, 0.29) is 6.10 Å². The van der Waals surface area contributed by atoms with Crippen LogP contribution in [0.2, 0.25) is 0 Å². The number of hydrogen-bond acceptors (Lipinski definition) is 1. The van der Waals surface area contributed by atoms with Crippen LogP contribution in [0.15, 0.2) is 43.2 Å². The van der Waals surface area contributed by atoms with E-state index in [1.54, 1.807) is 6.26 Å². The molecule has 0 aliphatic heterocycles. The van der Waals surface area contributed by atoms with E-state index in [9.17, 15) is 0 Å². The highest BCUT2D eigenvalue weighted by Gasteiger charge is 2.09. The topological polar surface area (TPSA) is 9.23 Å². The van der Waals surface area contributed by atoms with Gasteiger partial charge in [-0.05, 0) is 18.4 Å². The van der Waals surface area contributed by atoms with Crippen molar-refractivity contribution < 1.29 is 4.74 Å². The second-order valence-corrected chi connectivity index (χ2v) is 3.70. The van der Waals surface area contributed by atoms with Crippen LogP contribution in [0.1, 0.15) is 44.3 Å². The lowest BCUT2D eigenvalue weighted by molar-refractivity contribution is 0.135. The van der Waals surface area contributed by atoms with Crippen LogP contribution in [0, 0.1) is 0 Å². The van der Waals surface area contributed by atoms with Crippen LogP contribution in [0.5, 0.6) is 0 Å². The molecule has 0 aliphatic carbocycles. The molecular formula is C14H20O. The van der Waals surface area contributed by atoms with Crippen molar-refractivity contribution in [2.24, 2.45) is 0 Å². The Labute approximate surface area is 92.8 Å². The zero-order chi connectivity index (χ0) is 10.9. The summed E-state index contributed by atoms with van der Waals surface area (Å²) in [5.74, 6) is 0. The molecule has 82 valence electrons. The van der Waals surface area contributed by atoms with Crippen LogP contribution in [0.3, 0.4) is 0 Å². The second-order valence-electron chi connectivity index (χ2n) is 3.70. The Bertz CT molecular complexity index is 266. The number of rotatable bonds is 7. The summed E-state index contributed by atoms with van der Waals surface area (Å²) in [5.41, 5.74) is 1.24. The van der Waals surface area contributed by atoms with Crippen LogP contribution in [0.25, 0.3) is 0 Å². The van der Waals surface area contributed by atoms with Gasteiger partial charge in [0.2, 0.25) is 0 Å². The van der Waals surface area contributed by atoms with Gasteiger partial charge in [-0.3, -0.25) is 0 Å². The number of ether oxygens (including phenoxy) is 1. The standard InChI is InChI=1S/C14H20O/c1-3-5-7-12-14(15-4-2)13-10-8-6-9-11-13/h4,6,8-11,14H,2-3,5,7,12H2,1H3. The molecule has 0 fully saturated rings. The zero-order valence-corrected chi connectivity index (χ0v) is 9.49. The van der Waals surface area contributed by atoms with E-state index in [1.165, 1.54) is 24.8 Å². The van der Waals surface area contributed by atoms with E-state index >= 15 is 0 Å². The third-order valence-electron chi connectivity index (χ3n) is 2.50. The Morgan fingerprint density at radius 3 is 2.60 bits per heavy atom. The Kier molecular flexibility index (Phi) is 5.60.